The van der Waals surface area contributed by atoms with Gasteiger partial charge in [-0.15, -0.1) is 0 Å². The third-order valence-corrected chi connectivity index (χ3v) is 8.60. The maximum absolute atomic E-state index is 13.4. The van der Waals surface area contributed by atoms with Crippen molar-refractivity contribution in [2.24, 2.45) is 22.4 Å². The first kappa shape index (κ1) is 24.0. The number of aromatic hydroxyl groups is 1. The Kier molecular flexibility index (Phi) is 5.98. The number of hydrogen-bond donors (Lipinski definition) is 2. The standard InChI is InChI=1S/C27H30F3NO4/c1-26-10-9-16-17-13-24(34-2)23(32)12-19(17)22(11-18(16)21(26)7-8-25(26)33)31-35-14-15-5-3-4-6-20(15)27(28,29)30/h3-6,12-13,16,18,21,25,32-33H,7-11,14H2,1-2H3/b31-22+/t16-,18-,21+,25+,26+/m1/s1. The summed E-state index contributed by atoms with van der Waals surface area (Å²) < 4.78 is 45.5. The maximum Gasteiger partial charge on any atom is 0.416 e. The molecule has 3 aliphatic rings. The summed E-state index contributed by atoms with van der Waals surface area (Å²) in [5.74, 6) is 1.12. The summed E-state index contributed by atoms with van der Waals surface area (Å²) in [6.07, 6.45) is -0.709. The lowest BCUT2D eigenvalue weighted by Gasteiger charge is -2.50. The molecule has 188 valence electrons. The summed E-state index contributed by atoms with van der Waals surface area (Å²) in [5, 5.41) is 25.5. The molecule has 2 aromatic rings. The Morgan fingerprint density at radius 1 is 1.14 bits per heavy atom. The van der Waals surface area contributed by atoms with Gasteiger partial charge < -0.3 is 19.8 Å². The molecular weight excluding hydrogens is 459 g/mol. The number of rotatable bonds is 4. The van der Waals surface area contributed by atoms with E-state index in [1.807, 2.05) is 6.07 Å². The summed E-state index contributed by atoms with van der Waals surface area (Å²) in [6, 6.07) is 8.78. The predicted molar refractivity (Wildman–Crippen MR) is 124 cm³/mol. The molecule has 35 heavy (non-hydrogen) atoms. The molecule has 0 aliphatic heterocycles. The molecular formula is C27H30F3NO4. The molecule has 0 aromatic heterocycles. The van der Waals surface area contributed by atoms with E-state index in [2.05, 4.69) is 12.1 Å². The second-order valence-electron chi connectivity index (χ2n) is 10.3. The third-order valence-electron chi connectivity index (χ3n) is 8.60. The number of halogens is 3. The second kappa shape index (κ2) is 8.73. The Labute approximate surface area is 202 Å². The number of aliphatic hydroxyl groups excluding tert-OH is 1. The fourth-order valence-electron chi connectivity index (χ4n) is 6.76. The van der Waals surface area contributed by atoms with Crippen molar-refractivity contribution in [2.75, 3.05) is 7.11 Å². The van der Waals surface area contributed by atoms with E-state index >= 15 is 0 Å². The highest BCUT2D eigenvalue weighted by molar-refractivity contribution is 6.03. The van der Waals surface area contributed by atoms with Crippen molar-refractivity contribution >= 4 is 5.71 Å². The summed E-state index contributed by atoms with van der Waals surface area (Å²) in [5.41, 5.74) is 1.48. The lowest BCUT2D eigenvalue weighted by Crippen LogP contribution is -2.45. The van der Waals surface area contributed by atoms with Crippen molar-refractivity contribution in [1.82, 2.24) is 0 Å². The molecule has 8 heteroatoms. The number of methoxy groups -OCH3 is 1. The Balaban J connectivity index is 1.49. The van der Waals surface area contributed by atoms with Gasteiger partial charge in [-0.25, -0.2) is 0 Å². The minimum atomic E-state index is -4.48. The van der Waals surface area contributed by atoms with E-state index in [0.29, 0.717) is 23.8 Å². The molecule has 0 spiro atoms. The summed E-state index contributed by atoms with van der Waals surface area (Å²) in [7, 11) is 1.50. The molecule has 2 fully saturated rings. The van der Waals surface area contributed by atoms with E-state index in [0.717, 1.165) is 42.9 Å². The van der Waals surface area contributed by atoms with E-state index in [1.165, 1.54) is 19.2 Å². The zero-order valence-corrected chi connectivity index (χ0v) is 19.8. The quantitative estimate of drug-likeness (QED) is 0.516. The van der Waals surface area contributed by atoms with Gasteiger partial charge in [0, 0.05) is 11.1 Å². The normalized spacial score (nSPS) is 31.0. The number of ether oxygens (including phenoxy) is 1. The molecule has 2 N–H and O–H groups in total. The minimum Gasteiger partial charge on any atom is -0.504 e. The van der Waals surface area contributed by atoms with Gasteiger partial charge >= 0.3 is 6.18 Å². The topological polar surface area (TPSA) is 71.3 Å². The molecule has 2 saturated carbocycles. The Bertz CT molecular complexity index is 1150. The number of oxime groups is 1. The van der Waals surface area contributed by atoms with E-state index < -0.39 is 11.7 Å². The number of phenols is 1. The van der Waals surface area contributed by atoms with Gasteiger partial charge in [0.2, 0.25) is 0 Å². The summed E-state index contributed by atoms with van der Waals surface area (Å²) in [6.45, 7) is 1.85. The van der Waals surface area contributed by atoms with Crippen molar-refractivity contribution in [2.45, 2.75) is 63.8 Å². The van der Waals surface area contributed by atoms with Crippen molar-refractivity contribution < 1.29 is 33.0 Å². The molecule has 2 aromatic carbocycles. The highest BCUT2D eigenvalue weighted by atomic mass is 19.4. The lowest BCUT2D eigenvalue weighted by molar-refractivity contribution is -0.138. The Morgan fingerprint density at radius 2 is 1.91 bits per heavy atom. The summed E-state index contributed by atoms with van der Waals surface area (Å²) >= 11 is 0. The number of alkyl halides is 3. The van der Waals surface area contributed by atoms with Crippen LogP contribution in [0.5, 0.6) is 11.5 Å². The highest BCUT2D eigenvalue weighted by Crippen LogP contribution is 2.61. The molecule has 3 aliphatic carbocycles. The molecule has 0 unspecified atom stereocenters. The van der Waals surface area contributed by atoms with Gasteiger partial charge in [-0.3, -0.25) is 0 Å². The van der Waals surface area contributed by atoms with Gasteiger partial charge in [-0.1, -0.05) is 30.3 Å². The molecule has 0 heterocycles. The number of benzene rings is 2. The fourth-order valence-corrected chi connectivity index (χ4v) is 6.76. The van der Waals surface area contributed by atoms with Crippen LogP contribution >= 0.6 is 0 Å². The van der Waals surface area contributed by atoms with Gasteiger partial charge in [0.05, 0.1) is 24.5 Å². The van der Waals surface area contributed by atoms with Crippen LogP contribution < -0.4 is 4.74 Å². The van der Waals surface area contributed by atoms with Crippen LogP contribution in [-0.2, 0) is 17.6 Å². The summed E-state index contributed by atoms with van der Waals surface area (Å²) in [4.78, 5) is 5.51. The maximum atomic E-state index is 13.4. The molecule has 5 atom stereocenters. The van der Waals surface area contributed by atoms with Crippen LogP contribution in [0.25, 0.3) is 0 Å². The highest BCUT2D eigenvalue weighted by Gasteiger charge is 2.55. The van der Waals surface area contributed by atoms with Gasteiger partial charge in [0.25, 0.3) is 0 Å². The average Bonchev–Trinajstić information content (AvgIpc) is 3.13. The lowest BCUT2D eigenvalue weighted by atomic mass is 9.55. The first-order valence-electron chi connectivity index (χ1n) is 12.1. The van der Waals surface area contributed by atoms with Gasteiger partial charge in [0.1, 0.15) is 6.61 Å². The molecule has 0 radical (unpaired) electrons. The number of nitrogens with zero attached hydrogens (tertiary/aromatic N) is 1. The minimum absolute atomic E-state index is 0.0139. The second-order valence-corrected chi connectivity index (χ2v) is 10.3. The number of aliphatic hydroxyl groups is 1. The van der Waals surface area contributed by atoms with Crippen molar-refractivity contribution in [3.8, 4) is 11.5 Å². The number of hydrogen-bond acceptors (Lipinski definition) is 5. The predicted octanol–water partition coefficient (Wildman–Crippen LogP) is 6.02. The smallest absolute Gasteiger partial charge is 0.416 e. The Morgan fingerprint density at radius 3 is 2.66 bits per heavy atom. The SMILES string of the molecule is COc1cc2c(cc1O)/C(=N/OCc1ccccc1C(F)(F)F)C[C@@H]1[C@@H]2CC[C@]2(C)[C@@H](O)CC[C@@H]12. The Hall–Kier alpha value is -2.74. The van der Waals surface area contributed by atoms with Crippen LogP contribution in [0.15, 0.2) is 41.6 Å². The zero-order valence-electron chi connectivity index (χ0n) is 19.8. The van der Waals surface area contributed by atoms with Crippen LogP contribution in [0.4, 0.5) is 13.2 Å². The largest absolute Gasteiger partial charge is 0.504 e. The van der Waals surface area contributed by atoms with E-state index in [1.54, 1.807) is 12.1 Å². The van der Waals surface area contributed by atoms with Crippen molar-refractivity contribution in [3.05, 3.63) is 58.7 Å². The fraction of sp³-hybridized carbons (Fsp3) is 0.519. The van der Waals surface area contributed by atoms with Crippen LogP contribution in [0.3, 0.4) is 0 Å². The molecule has 5 nitrogen and oxygen atoms in total. The average molecular weight is 490 g/mol. The van der Waals surface area contributed by atoms with E-state index in [-0.39, 0.29) is 41.3 Å². The van der Waals surface area contributed by atoms with Crippen molar-refractivity contribution in [1.29, 1.82) is 0 Å². The van der Waals surface area contributed by atoms with Gasteiger partial charge in [0.15, 0.2) is 11.5 Å². The van der Waals surface area contributed by atoms with Crippen LogP contribution in [0, 0.1) is 17.3 Å². The first-order chi connectivity index (χ1) is 16.6. The number of phenolic OH excluding ortho intramolecular Hbond substituents is 1. The monoisotopic (exact) mass is 489 g/mol. The molecule has 0 saturated heterocycles. The van der Waals surface area contributed by atoms with E-state index in [9.17, 15) is 23.4 Å². The molecule has 0 bridgehead atoms. The zero-order chi connectivity index (χ0) is 25.0. The van der Waals surface area contributed by atoms with Crippen LogP contribution in [0.2, 0.25) is 0 Å². The third kappa shape index (κ3) is 4.05. The van der Waals surface area contributed by atoms with Crippen molar-refractivity contribution in [3.63, 3.8) is 0 Å². The van der Waals surface area contributed by atoms with Gasteiger partial charge in [-0.2, -0.15) is 13.2 Å². The van der Waals surface area contributed by atoms with E-state index in [4.69, 9.17) is 9.57 Å². The molecule has 5 rings (SSSR count). The van der Waals surface area contributed by atoms with Crippen LogP contribution in [0.1, 0.15) is 67.2 Å². The van der Waals surface area contributed by atoms with Gasteiger partial charge in [-0.05, 0) is 79.0 Å². The van der Waals surface area contributed by atoms with Crippen LogP contribution in [-0.4, -0.2) is 29.1 Å². The molecule has 0 amide bonds. The first-order valence-corrected chi connectivity index (χ1v) is 12.1. The number of fused-ring (bicyclic) bond motifs is 5.